The quantitative estimate of drug-likeness (QED) is 0.636. The molecule has 2 aliphatic heterocycles. The molecule has 1 fully saturated rings. The number of aliphatic imine (C=N–C) groups is 1. The molecule has 0 aromatic heterocycles. The molecule has 2 rings (SSSR count). The van der Waals surface area contributed by atoms with Crippen molar-refractivity contribution < 1.29 is 0 Å². The molecule has 0 aromatic rings. The Labute approximate surface area is 90.8 Å². The van der Waals surface area contributed by atoms with E-state index in [-0.39, 0.29) is 6.04 Å². The van der Waals surface area contributed by atoms with E-state index in [4.69, 9.17) is 5.73 Å². The minimum absolute atomic E-state index is 0.286. The summed E-state index contributed by atoms with van der Waals surface area (Å²) in [5.41, 5.74) is 7.07. The lowest BCUT2D eigenvalue weighted by molar-refractivity contribution is 0.487. The Balaban J connectivity index is 2.19. The lowest BCUT2D eigenvalue weighted by atomic mass is 10.2. The summed E-state index contributed by atoms with van der Waals surface area (Å²) in [7, 11) is 1.96. The van der Waals surface area contributed by atoms with Crippen LogP contribution in [0.3, 0.4) is 0 Å². The predicted octanol–water partition coefficient (Wildman–Crippen LogP) is 0.738. The maximum atomic E-state index is 5.89. The lowest BCUT2D eigenvalue weighted by Gasteiger charge is -2.27. The molecule has 4 heteroatoms. The first-order chi connectivity index (χ1) is 7.08. The summed E-state index contributed by atoms with van der Waals surface area (Å²) in [4.78, 5) is 8.69. The van der Waals surface area contributed by atoms with Crippen LogP contribution in [-0.2, 0) is 0 Å². The maximum Gasteiger partial charge on any atom is 0.135 e. The first-order valence-corrected chi connectivity index (χ1v) is 5.27. The fourth-order valence-corrected chi connectivity index (χ4v) is 2.01. The summed E-state index contributed by atoms with van der Waals surface area (Å²) in [6, 6.07) is 0.286. The Hall–Kier alpha value is -1.29. The van der Waals surface area contributed by atoms with Gasteiger partial charge in [-0.15, -0.1) is 0 Å². The second-order valence-corrected chi connectivity index (χ2v) is 4.27. The molecule has 82 valence electrons. The highest BCUT2D eigenvalue weighted by molar-refractivity contribution is 5.99. The zero-order valence-electron chi connectivity index (χ0n) is 9.40. The first kappa shape index (κ1) is 10.2. The number of rotatable bonds is 0. The van der Waals surface area contributed by atoms with Crippen molar-refractivity contribution in [2.45, 2.75) is 19.4 Å². The molecular weight excluding hydrogens is 188 g/mol. The fourth-order valence-electron chi connectivity index (χ4n) is 2.01. The molecule has 1 unspecified atom stereocenters. The Morgan fingerprint density at radius 1 is 1.60 bits per heavy atom. The summed E-state index contributed by atoms with van der Waals surface area (Å²) < 4.78 is 0. The van der Waals surface area contributed by atoms with E-state index in [2.05, 4.69) is 29.6 Å². The first-order valence-electron chi connectivity index (χ1n) is 5.27. The SMILES string of the molecule is C=C1N=C(N2CCC(N)C2)C(C)=CN1C. The van der Waals surface area contributed by atoms with Crippen LogP contribution in [0.15, 0.2) is 29.2 Å². The third-order valence-corrected chi connectivity index (χ3v) is 2.91. The van der Waals surface area contributed by atoms with Gasteiger partial charge in [0.05, 0.1) is 0 Å². The van der Waals surface area contributed by atoms with E-state index in [9.17, 15) is 0 Å². The molecule has 2 N–H and O–H groups in total. The van der Waals surface area contributed by atoms with Crippen molar-refractivity contribution in [1.29, 1.82) is 0 Å². The molecule has 0 spiro atoms. The smallest absolute Gasteiger partial charge is 0.135 e. The highest BCUT2D eigenvalue weighted by Gasteiger charge is 2.25. The normalized spacial score (nSPS) is 26.9. The minimum atomic E-state index is 0.286. The van der Waals surface area contributed by atoms with Crippen molar-refractivity contribution in [3.63, 3.8) is 0 Å². The van der Waals surface area contributed by atoms with Gasteiger partial charge in [0.15, 0.2) is 0 Å². The molecule has 0 aliphatic carbocycles. The minimum Gasteiger partial charge on any atom is -0.355 e. The number of amidine groups is 1. The van der Waals surface area contributed by atoms with Gasteiger partial charge in [0.25, 0.3) is 0 Å². The van der Waals surface area contributed by atoms with Gasteiger partial charge in [0.2, 0.25) is 0 Å². The van der Waals surface area contributed by atoms with Gasteiger partial charge in [-0.1, -0.05) is 6.58 Å². The monoisotopic (exact) mass is 206 g/mol. The van der Waals surface area contributed by atoms with E-state index in [0.29, 0.717) is 0 Å². The van der Waals surface area contributed by atoms with Crippen LogP contribution in [0.1, 0.15) is 13.3 Å². The third kappa shape index (κ3) is 1.90. The highest BCUT2D eigenvalue weighted by Crippen LogP contribution is 2.19. The topological polar surface area (TPSA) is 44.9 Å². The second-order valence-electron chi connectivity index (χ2n) is 4.27. The Bertz CT molecular complexity index is 342. The molecule has 0 amide bonds. The van der Waals surface area contributed by atoms with Crippen molar-refractivity contribution in [2.24, 2.45) is 10.7 Å². The molecule has 0 radical (unpaired) electrons. The molecule has 15 heavy (non-hydrogen) atoms. The average molecular weight is 206 g/mol. The van der Waals surface area contributed by atoms with Crippen LogP contribution in [-0.4, -0.2) is 41.8 Å². The van der Waals surface area contributed by atoms with Crippen molar-refractivity contribution in [2.75, 3.05) is 20.1 Å². The maximum absolute atomic E-state index is 5.89. The van der Waals surface area contributed by atoms with Crippen LogP contribution in [0.4, 0.5) is 0 Å². The number of hydrogen-bond donors (Lipinski definition) is 1. The van der Waals surface area contributed by atoms with Gasteiger partial charge in [0, 0.05) is 38.0 Å². The van der Waals surface area contributed by atoms with Gasteiger partial charge in [-0.25, -0.2) is 4.99 Å². The molecule has 2 aliphatic rings. The molecule has 1 saturated heterocycles. The van der Waals surface area contributed by atoms with E-state index in [1.54, 1.807) is 0 Å². The molecule has 4 nitrogen and oxygen atoms in total. The van der Waals surface area contributed by atoms with Crippen molar-refractivity contribution in [3.8, 4) is 0 Å². The summed E-state index contributed by atoms with van der Waals surface area (Å²) in [6.07, 6.45) is 3.11. The predicted molar refractivity (Wildman–Crippen MR) is 62.3 cm³/mol. The van der Waals surface area contributed by atoms with Crippen LogP contribution < -0.4 is 5.73 Å². The molecule has 0 aromatic carbocycles. The van der Waals surface area contributed by atoms with E-state index in [1.165, 1.54) is 5.57 Å². The summed E-state index contributed by atoms with van der Waals surface area (Å²) in [5.74, 6) is 1.82. The van der Waals surface area contributed by atoms with E-state index >= 15 is 0 Å². The van der Waals surface area contributed by atoms with Crippen molar-refractivity contribution in [3.05, 3.63) is 24.2 Å². The zero-order valence-corrected chi connectivity index (χ0v) is 9.40. The van der Waals surface area contributed by atoms with Gasteiger partial charge < -0.3 is 15.5 Å². The number of hydrogen-bond acceptors (Lipinski definition) is 4. The fraction of sp³-hybridized carbons (Fsp3) is 0.545. The van der Waals surface area contributed by atoms with Gasteiger partial charge in [-0.3, -0.25) is 0 Å². The second kappa shape index (κ2) is 3.70. The van der Waals surface area contributed by atoms with Crippen LogP contribution in [0.25, 0.3) is 0 Å². The van der Waals surface area contributed by atoms with E-state index in [1.807, 2.05) is 11.9 Å². The molecular formula is C11H18N4. The van der Waals surface area contributed by atoms with Crippen LogP contribution in [0.5, 0.6) is 0 Å². The number of likely N-dealkylation sites (tertiary alicyclic amines) is 1. The molecule has 1 atom stereocenters. The zero-order chi connectivity index (χ0) is 11.0. The molecule has 0 saturated carbocycles. The van der Waals surface area contributed by atoms with Gasteiger partial charge in [0.1, 0.15) is 11.7 Å². The summed E-state index contributed by atoms with van der Waals surface area (Å²) in [5, 5.41) is 0. The van der Waals surface area contributed by atoms with Crippen molar-refractivity contribution >= 4 is 5.84 Å². The molecule has 2 heterocycles. The largest absolute Gasteiger partial charge is 0.355 e. The van der Waals surface area contributed by atoms with E-state index in [0.717, 1.165) is 31.2 Å². The standard InChI is InChI=1S/C11H18N4/c1-8-6-14(3)9(2)13-11(8)15-5-4-10(12)7-15/h6,10H,2,4-5,7,12H2,1,3H3. The number of nitrogens with two attached hydrogens (primary N) is 1. The number of nitrogens with zero attached hydrogens (tertiary/aromatic N) is 3. The van der Waals surface area contributed by atoms with Crippen LogP contribution in [0.2, 0.25) is 0 Å². The lowest BCUT2D eigenvalue weighted by Crippen LogP contribution is -2.35. The highest BCUT2D eigenvalue weighted by atomic mass is 15.3. The van der Waals surface area contributed by atoms with E-state index < -0.39 is 0 Å². The van der Waals surface area contributed by atoms with Gasteiger partial charge >= 0.3 is 0 Å². The van der Waals surface area contributed by atoms with Crippen molar-refractivity contribution in [1.82, 2.24) is 9.80 Å². The Morgan fingerprint density at radius 2 is 2.33 bits per heavy atom. The van der Waals surface area contributed by atoms with Crippen LogP contribution >= 0.6 is 0 Å². The summed E-state index contributed by atoms with van der Waals surface area (Å²) in [6.45, 7) is 7.89. The Kier molecular flexibility index (Phi) is 2.52. The van der Waals surface area contributed by atoms with Crippen LogP contribution in [0, 0.1) is 0 Å². The third-order valence-electron chi connectivity index (χ3n) is 2.91. The molecule has 0 bridgehead atoms. The van der Waals surface area contributed by atoms with Gasteiger partial charge in [-0.05, 0) is 13.3 Å². The Morgan fingerprint density at radius 3 is 2.93 bits per heavy atom. The van der Waals surface area contributed by atoms with Gasteiger partial charge in [-0.2, -0.15) is 0 Å². The average Bonchev–Trinajstić information content (AvgIpc) is 2.58. The summed E-state index contributed by atoms with van der Waals surface area (Å²) >= 11 is 0.